The molecule has 2 heteroatoms. The molecule has 0 unspecified atom stereocenters. The number of benzene rings is 1. The van der Waals surface area contributed by atoms with Gasteiger partial charge in [-0.05, 0) is 24.5 Å². The van der Waals surface area contributed by atoms with Crippen LogP contribution in [0.3, 0.4) is 0 Å². The van der Waals surface area contributed by atoms with Crippen molar-refractivity contribution >= 4 is 11.8 Å². The second-order valence-electron chi connectivity index (χ2n) is 2.08. The highest BCUT2D eigenvalue weighted by Crippen LogP contribution is 2.07. The zero-order valence-electron chi connectivity index (χ0n) is 6.54. The molecular formula is C9H11OS. The van der Waals surface area contributed by atoms with Crippen molar-refractivity contribution in [3.63, 3.8) is 0 Å². The minimum absolute atomic E-state index is 0.777. The Morgan fingerprint density at radius 3 is 3.18 bits per heavy atom. The fourth-order valence-corrected chi connectivity index (χ4v) is 0.959. The van der Waals surface area contributed by atoms with Crippen molar-refractivity contribution in [3.8, 4) is 5.75 Å². The summed E-state index contributed by atoms with van der Waals surface area (Å²) in [5.41, 5.74) is 0. The van der Waals surface area contributed by atoms with Crippen molar-refractivity contribution in [1.82, 2.24) is 0 Å². The monoisotopic (exact) mass is 167 g/mol. The molecule has 1 aromatic rings. The van der Waals surface area contributed by atoms with Crippen LogP contribution in [0.5, 0.6) is 5.75 Å². The Hall–Kier alpha value is -0.630. The predicted octanol–water partition coefficient (Wildman–Crippen LogP) is 2.23. The summed E-state index contributed by atoms with van der Waals surface area (Å²) in [4.78, 5) is 0. The van der Waals surface area contributed by atoms with Crippen molar-refractivity contribution in [2.45, 2.75) is 0 Å². The first-order valence-corrected chi connectivity index (χ1v) is 4.90. The Labute approximate surface area is 71.8 Å². The Kier molecular flexibility index (Phi) is 3.91. The van der Waals surface area contributed by atoms with E-state index in [1.165, 1.54) is 0 Å². The quantitative estimate of drug-likeness (QED) is 0.636. The van der Waals surface area contributed by atoms with Gasteiger partial charge in [0.15, 0.2) is 0 Å². The van der Waals surface area contributed by atoms with Crippen molar-refractivity contribution < 1.29 is 4.74 Å². The third-order valence-electron chi connectivity index (χ3n) is 1.23. The molecule has 0 fully saturated rings. The third kappa shape index (κ3) is 3.33. The van der Waals surface area contributed by atoms with Crippen molar-refractivity contribution in [3.05, 3.63) is 30.3 Å². The van der Waals surface area contributed by atoms with Crippen LogP contribution in [0, 0.1) is 6.07 Å². The lowest BCUT2D eigenvalue weighted by Crippen LogP contribution is -1.98. The third-order valence-corrected chi connectivity index (χ3v) is 1.81. The van der Waals surface area contributed by atoms with Gasteiger partial charge in [0, 0.05) is 5.75 Å². The molecule has 0 heterocycles. The van der Waals surface area contributed by atoms with Crippen LogP contribution in [0.1, 0.15) is 0 Å². The van der Waals surface area contributed by atoms with E-state index >= 15 is 0 Å². The molecule has 0 bridgehead atoms. The maximum atomic E-state index is 5.39. The molecule has 0 atom stereocenters. The van der Waals surface area contributed by atoms with E-state index in [2.05, 4.69) is 12.3 Å². The van der Waals surface area contributed by atoms with Gasteiger partial charge in [0.25, 0.3) is 0 Å². The minimum Gasteiger partial charge on any atom is -0.493 e. The summed E-state index contributed by atoms with van der Waals surface area (Å²) < 4.78 is 5.39. The van der Waals surface area contributed by atoms with Gasteiger partial charge in [-0.3, -0.25) is 0 Å². The number of hydrogen-bond acceptors (Lipinski definition) is 2. The van der Waals surface area contributed by atoms with E-state index < -0.39 is 0 Å². The Balaban J connectivity index is 2.28. The van der Waals surface area contributed by atoms with Gasteiger partial charge in [-0.15, -0.1) is 0 Å². The minimum atomic E-state index is 0.777. The summed E-state index contributed by atoms with van der Waals surface area (Å²) in [6.07, 6.45) is 2.07. The standard InChI is InChI=1S/C9H11OS/c1-11-8-7-10-9-5-3-2-4-6-9/h2-3,5-6H,7-8H2,1H3. The van der Waals surface area contributed by atoms with Gasteiger partial charge >= 0.3 is 0 Å². The molecule has 1 rings (SSSR count). The summed E-state index contributed by atoms with van der Waals surface area (Å²) in [6.45, 7) is 0.777. The zero-order valence-corrected chi connectivity index (χ0v) is 7.36. The van der Waals surface area contributed by atoms with Gasteiger partial charge < -0.3 is 4.74 Å². The van der Waals surface area contributed by atoms with E-state index in [9.17, 15) is 0 Å². The first kappa shape index (κ1) is 8.47. The average Bonchev–Trinajstić information content (AvgIpc) is 2.07. The van der Waals surface area contributed by atoms with Crippen LogP contribution in [0.15, 0.2) is 24.3 Å². The van der Waals surface area contributed by atoms with Crippen molar-refractivity contribution in [1.29, 1.82) is 0 Å². The molecule has 11 heavy (non-hydrogen) atoms. The molecule has 0 N–H and O–H groups in total. The second-order valence-corrected chi connectivity index (χ2v) is 3.07. The lowest BCUT2D eigenvalue weighted by molar-refractivity contribution is 0.344. The Morgan fingerprint density at radius 2 is 2.55 bits per heavy atom. The average molecular weight is 167 g/mol. The van der Waals surface area contributed by atoms with Gasteiger partial charge in [0.2, 0.25) is 0 Å². The number of ether oxygens (including phenoxy) is 1. The van der Waals surface area contributed by atoms with Crippen LogP contribution in [0.25, 0.3) is 0 Å². The number of thioether (sulfide) groups is 1. The van der Waals surface area contributed by atoms with Crippen LogP contribution < -0.4 is 4.74 Å². The molecule has 59 valence electrons. The van der Waals surface area contributed by atoms with E-state index in [1.54, 1.807) is 11.8 Å². The molecular weight excluding hydrogens is 156 g/mol. The second kappa shape index (κ2) is 5.08. The van der Waals surface area contributed by atoms with Crippen LogP contribution >= 0.6 is 11.8 Å². The van der Waals surface area contributed by atoms with E-state index in [4.69, 9.17) is 4.74 Å². The summed E-state index contributed by atoms with van der Waals surface area (Å²) in [5.74, 6) is 1.94. The van der Waals surface area contributed by atoms with Gasteiger partial charge in [0.05, 0.1) is 6.61 Å². The first-order chi connectivity index (χ1) is 5.43. The first-order valence-electron chi connectivity index (χ1n) is 3.51. The normalized spacial score (nSPS) is 9.55. The predicted molar refractivity (Wildman–Crippen MR) is 49.2 cm³/mol. The Bertz CT molecular complexity index is 186. The summed E-state index contributed by atoms with van der Waals surface area (Å²) in [7, 11) is 0. The molecule has 0 saturated heterocycles. The maximum Gasteiger partial charge on any atom is 0.119 e. The molecule has 0 aromatic heterocycles. The maximum absolute atomic E-state index is 5.39. The van der Waals surface area contributed by atoms with E-state index in [-0.39, 0.29) is 0 Å². The number of hydrogen-bond donors (Lipinski definition) is 0. The summed E-state index contributed by atoms with van der Waals surface area (Å²) in [6, 6.07) is 10.5. The van der Waals surface area contributed by atoms with E-state index in [0.717, 1.165) is 18.1 Å². The molecule has 0 saturated carbocycles. The lowest BCUT2D eigenvalue weighted by atomic mass is 10.3. The SMILES string of the molecule is CSCCOc1c[c]ccc1. The largest absolute Gasteiger partial charge is 0.493 e. The van der Waals surface area contributed by atoms with E-state index in [1.807, 2.05) is 24.3 Å². The highest BCUT2D eigenvalue weighted by Gasteiger charge is 1.88. The zero-order chi connectivity index (χ0) is 7.94. The van der Waals surface area contributed by atoms with Gasteiger partial charge in [-0.25, -0.2) is 0 Å². The van der Waals surface area contributed by atoms with E-state index in [0.29, 0.717) is 0 Å². The number of rotatable bonds is 4. The molecule has 0 aliphatic rings. The lowest BCUT2D eigenvalue weighted by Gasteiger charge is -2.02. The highest BCUT2D eigenvalue weighted by atomic mass is 32.2. The molecule has 0 aliphatic heterocycles. The van der Waals surface area contributed by atoms with Crippen molar-refractivity contribution in [2.24, 2.45) is 0 Å². The Morgan fingerprint density at radius 1 is 1.64 bits per heavy atom. The smallest absolute Gasteiger partial charge is 0.119 e. The molecule has 1 nitrogen and oxygen atoms in total. The van der Waals surface area contributed by atoms with Crippen molar-refractivity contribution in [2.75, 3.05) is 18.6 Å². The van der Waals surface area contributed by atoms with Crippen LogP contribution in [0.4, 0.5) is 0 Å². The molecule has 0 spiro atoms. The van der Waals surface area contributed by atoms with Gasteiger partial charge in [-0.2, -0.15) is 11.8 Å². The topological polar surface area (TPSA) is 9.23 Å². The van der Waals surface area contributed by atoms with Crippen LogP contribution in [0.2, 0.25) is 0 Å². The molecule has 1 aromatic carbocycles. The highest BCUT2D eigenvalue weighted by molar-refractivity contribution is 7.98. The van der Waals surface area contributed by atoms with Crippen LogP contribution in [-0.4, -0.2) is 18.6 Å². The fourth-order valence-electron chi connectivity index (χ4n) is 0.709. The van der Waals surface area contributed by atoms with Gasteiger partial charge in [0.1, 0.15) is 5.75 Å². The molecule has 0 amide bonds. The van der Waals surface area contributed by atoms with Crippen LogP contribution in [-0.2, 0) is 0 Å². The summed E-state index contributed by atoms with van der Waals surface area (Å²) in [5, 5.41) is 0. The molecule has 0 aliphatic carbocycles. The molecule has 1 radical (unpaired) electrons. The fraction of sp³-hybridized carbons (Fsp3) is 0.333. The van der Waals surface area contributed by atoms with Gasteiger partial charge in [-0.1, -0.05) is 12.1 Å². The summed E-state index contributed by atoms with van der Waals surface area (Å²) >= 11 is 1.79.